The van der Waals surface area contributed by atoms with E-state index in [-0.39, 0.29) is 5.82 Å². The molecule has 1 N–H and O–H groups in total. The number of nitrogens with zero attached hydrogens (tertiary/aromatic N) is 4. The molecular formula is C27H21FN4O2. The molecule has 0 aliphatic heterocycles. The fraction of sp³-hybridized carbons (Fsp3) is 0.222. The molecule has 3 atom stereocenters. The third-order valence-electron chi connectivity index (χ3n) is 7.23. The number of hydrogen-bond acceptors (Lipinski definition) is 5. The van der Waals surface area contributed by atoms with Crippen LogP contribution in [0.3, 0.4) is 0 Å². The molecule has 0 radical (unpaired) electrons. The number of halogens is 1. The second kappa shape index (κ2) is 7.08. The molecule has 34 heavy (non-hydrogen) atoms. The standard InChI is InChI=1S/C27H21FN4O2/c28-19-8-6-17(7-9-19)24-21(14-32(31-24)13-18-11-27(33)12-22(18)27)25-20-10-23(16-4-2-1-3-5-16)34-26(20)30-15-29-25/h1-10,14-15,18,22,33H,11-13H2/t18-,22?,27+/m1/s1. The highest BCUT2D eigenvalue weighted by Crippen LogP contribution is 2.63. The van der Waals surface area contributed by atoms with Crippen LogP contribution in [0.2, 0.25) is 0 Å². The van der Waals surface area contributed by atoms with Crippen LogP contribution in [0.15, 0.2) is 77.6 Å². The number of aromatic nitrogens is 4. The zero-order valence-electron chi connectivity index (χ0n) is 18.2. The number of hydrogen-bond donors (Lipinski definition) is 1. The zero-order chi connectivity index (χ0) is 22.9. The van der Waals surface area contributed by atoms with Crippen LogP contribution in [0.5, 0.6) is 0 Å². The Morgan fingerprint density at radius 2 is 1.82 bits per heavy atom. The van der Waals surface area contributed by atoms with Gasteiger partial charge in [0, 0.05) is 29.4 Å². The molecule has 0 bridgehead atoms. The summed E-state index contributed by atoms with van der Waals surface area (Å²) < 4.78 is 21.6. The van der Waals surface area contributed by atoms with Crippen LogP contribution in [0, 0.1) is 17.7 Å². The van der Waals surface area contributed by atoms with Gasteiger partial charge in [0.1, 0.15) is 23.6 Å². The first kappa shape index (κ1) is 19.6. The summed E-state index contributed by atoms with van der Waals surface area (Å²) in [7, 11) is 0. The van der Waals surface area contributed by atoms with Gasteiger partial charge in [-0.3, -0.25) is 4.68 Å². The Bertz CT molecular complexity index is 1530. The van der Waals surface area contributed by atoms with Crippen molar-refractivity contribution in [3.63, 3.8) is 0 Å². The van der Waals surface area contributed by atoms with Crippen LogP contribution in [-0.2, 0) is 6.54 Å². The van der Waals surface area contributed by atoms with Crippen LogP contribution < -0.4 is 0 Å². The molecule has 1 unspecified atom stereocenters. The average Bonchev–Trinajstić information content (AvgIpc) is 3.21. The maximum atomic E-state index is 13.6. The molecule has 2 fully saturated rings. The van der Waals surface area contributed by atoms with Gasteiger partial charge in [-0.15, -0.1) is 0 Å². The van der Waals surface area contributed by atoms with Gasteiger partial charge in [0.05, 0.1) is 16.7 Å². The molecule has 3 aromatic heterocycles. The lowest BCUT2D eigenvalue weighted by Crippen LogP contribution is -2.34. The highest BCUT2D eigenvalue weighted by Gasteiger charge is 2.66. The van der Waals surface area contributed by atoms with Crippen LogP contribution in [0.25, 0.3) is 44.9 Å². The van der Waals surface area contributed by atoms with Gasteiger partial charge in [-0.25, -0.2) is 14.4 Å². The third-order valence-corrected chi connectivity index (χ3v) is 7.23. The average molecular weight is 452 g/mol. The van der Waals surface area contributed by atoms with Gasteiger partial charge in [0.2, 0.25) is 5.71 Å². The summed E-state index contributed by atoms with van der Waals surface area (Å²) in [5, 5.41) is 15.9. The molecule has 2 aliphatic rings. The molecule has 2 aliphatic carbocycles. The number of benzene rings is 2. The predicted molar refractivity (Wildman–Crippen MR) is 125 cm³/mol. The number of aliphatic hydroxyl groups is 1. The van der Waals surface area contributed by atoms with Crippen molar-refractivity contribution in [2.45, 2.75) is 25.0 Å². The number of fused-ring (bicyclic) bond motifs is 2. The topological polar surface area (TPSA) is 77.0 Å². The quantitative estimate of drug-likeness (QED) is 0.390. The minimum Gasteiger partial charge on any atom is -0.438 e. The highest BCUT2D eigenvalue weighted by atomic mass is 19.1. The van der Waals surface area contributed by atoms with E-state index in [0.717, 1.165) is 58.6 Å². The lowest BCUT2D eigenvalue weighted by molar-refractivity contribution is 0.0169. The van der Waals surface area contributed by atoms with Crippen LogP contribution in [0.4, 0.5) is 4.39 Å². The molecule has 0 spiro atoms. The normalized spacial score (nSPS) is 23.0. The maximum absolute atomic E-state index is 13.6. The van der Waals surface area contributed by atoms with Crippen molar-refractivity contribution in [1.82, 2.24) is 19.7 Å². The van der Waals surface area contributed by atoms with Gasteiger partial charge >= 0.3 is 0 Å². The van der Waals surface area contributed by atoms with E-state index in [1.54, 1.807) is 12.1 Å². The zero-order valence-corrected chi connectivity index (χ0v) is 18.2. The Labute approximate surface area is 194 Å². The van der Waals surface area contributed by atoms with Gasteiger partial charge in [0.25, 0.3) is 0 Å². The van der Waals surface area contributed by atoms with Gasteiger partial charge in [-0.1, -0.05) is 30.3 Å². The van der Waals surface area contributed by atoms with Gasteiger partial charge in [0.15, 0.2) is 0 Å². The van der Waals surface area contributed by atoms with Crippen molar-refractivity contribution < 1.29 is 13.9 Å². The van der Waals surface area contributed by atoms with E-state index in [0.29, 0.717) is 17.5 Å². The summed E-state index contributed by atoms with van der Waals surface area (Å²) in [4.78, 5) is 8.96. The Morgan fingerprint density at radius 1 is 1.00 bits per heavy atom. The van der Waals surface area contributed by atoms with Crippen molar-refractivity contribution >= 4 is 11.1 Å². The second-order valence-corrected chi connectivity index (χ2v) is 9.42. The molecule has 3 heterocycles. The van der Waals surface area contributed by atoms with E-state index in [2.05, 4.69) is 9.97 Å². The number of furan rings is 1. The Balaban J connectivity index is 1.35. The first-order chi connectivity index (χ1) is 16.6. The largest absolute Gasteiger partial charge is 0.438 e. The van der Waals surface area contributed by atoms with E-state index >= 15 is 0 Å². The SMILES string of the molecule is O[C@@]12CC1[C@@H](Cn1cc(-c3ncnc4oc(-c5ccccc5)cc34)c(-c3ccc(F)cc3)n1)C2. The Kier molecular flexibility index (Phi) is 4.08. The summed E-state index contributed by atoms with van der Waals surface area (Å²) in [6.07, 6.45) is 5.20. The van der Waals surface area contributed by atoms with E-state index in [1.165, 1.54) is 18.5 Å². The van der Waals surface area contributed by atoms with Crippen molar-refractivity contribution in [2.24, 2.45) is 11.8 Å². The van der Waals surface area contributed by atoms with Gasteiger partial charge in [-0.05, 0) is 55.0 Å². The Morgan fingerprint density at radius 3 is 2.56 bits per heavy atom. The molecule has 0 amide bonds. The summed E-state index contributed by atoms with van der Waals surface area (Å²) in [6, 6.07) is 18.2. The third kappa shape index (κ3) is 3.08. The molecule has 7 heteroatoms. The first-order valence-electron chi connectivity index (χ1n) is 11.4. The van der Waals surface area contributed by atoms with E-state index in [1.807, 2.05) is 47.3 Å². The van der Waals surface area contributed by atoms with Crippen LogP contribution in [-0.4, -0.2) is 30.5 Å². The van der Waals surface area contributed by atoms with Crippen molar-refractivity contribution in [3.8, 4) is 33.8 Å². The van der Waals surface area contributed by atoms with Crippen LogP contribution >= 0.6 is 0 Å². The fourth-order valence-corrected chi connectivity index (χ4v) is 5.35. The molecule has 2 saturated carbocycles. The van der Waals surface area contributed by atoms with E-state index < -0.39 is 5.60 Å². The molecule has 6 nitrogen and oxygen atoms in total. The van der Waals surface area contributed by atoms with Crippen molar-refractivity contribution in [3.05, 3.63) is 79.0 Å². The lowest BCUT2D eigenvalue weighted by Gasteiger charge is -2.30. The molecular weight excluding hydrogens is 431 g/mol. The molecule has 168 valence electrons. The van der Waals surface area contributed by atoms with E-state index in [9.17, 15) is 9.50 Å². The highest BCUT2D eigenvalue weighted by molar-refractivity contribution is 5.95. The monoisotopic (exact) mass is 452 g/mol. The summed E-state index contributed by atoms with van der Waals surface area (Å²) in [5.74, 6) is 1.22. The van der Waals surface area contributed by atoms with Crippen molar-refractivity contribution in [2.75, 3.05) is 0 Å². The first-order valence-corrected chi connectivity index (χ1v) is 11.4. The summed E-state index contributed by atoms with van der Waals surface area (Å²) in [5.41, 5.74) is 4.14. The predicted octanol–water partition coefficient (Wildman–Crippen LogP) is 5.33. The van der Waals surface area contributed by atoms with Gasteiger partial charge in [-0.2, -0.15) is 5.10 Å². The second-order valence-electron chi connectivity index (χ2n) is 9.42. The summed E-state index contributed by atoms with van der Waals surface area (Å²) >= 11 is 0. The summed E-state index contributed by atoms with van der Waals surface area (Å²) in [6.45, 7) is 0.732. The number of rotatable bonds is 5. The molecule has 5 aromatic rings. The fourth-order valence-electron chi connectivity index (χ4n) is 5.35. The molecule has 7 rings (SSSR count). The minimum atomic E-state index is -0.427. The van der Waals surface area contributed by atoms with Crippen LogP contribution in [0.1, 0.15) is 12.8 Å². The van der Waals surface area contributed by atoms with Crippen molar-refractivity contribution in [1.29, 1.82) is 0 Å². The molecule has 0 saturated heterocycles. The lowest BCUT2D eigenvalue weighted by atomic mass is 9.82. The maximum Gasteiger partial charge on any atom is 0.230 e. The minimum absolute atomic E-state index is 0.293. The smallest absolute Gasteiger partial charge is 0.230 e. The van der Waals surface area contributed by atoms with E-state index in [4.69, 9.17) is 9.52 Å². The Hall–Kier alpha value is -3.84. The molecule has 2 aromatic carbocycles. The van der Waals surface area contributed by atoms with Gasteiger partial charge < -0.3 is 9.52 Å².